The molecule has 0 saturated heterocycles. The Morgan fingerprint density at radius 2 is 1.75 bits per heavy atom. The zero-order valence-corrected chi connectivity index (χ0v) is 11.2. The lowest BCUT2D eigenvalue weighted by Crippen LogP contribution is -2.22. The highest BCUT2D eigenvalue weighted by Gasteiger charge is 2.04. The van der Waals surface area contributed by atoms with Gasteiger partial charge in [0.25, 0.3) is 0 Å². The van der Waals surface area contributed by atoms with Crippen molar-refractivity contribution >= 4 is 40.6 Å². The Kier molecular flexibility index (Phi) is 5.13. The molecule has 1 aromatic carbocycles. The number of halogens is 3. The molecule has 5 heteroatoms. The van der Waals surface area contributed by atoms with Crippen LogP contribution in [0, 0.1) is 0 Å². The van der Waals surface area contributed by atoms with E-state index in [4.69, 9.17) is 34.8 Å². The van der Waals surface area contributed by atoms with Gasteiger partial charge in [-0.3, -0.25) is 0 Å². The van der Waals surface area contributed by atoms with Gasteiger partial charge >= 0.3 is 0 Å². The molecular formula is C11H11Cl3N2. The van der Waals surface area contributed by atoms with Gasteiger partial charge in [-0.1, -0.05) is 34.8 Å². The number of hydrogen-bond donors (Lipinski definition) is 0. The molecule has 0 spiro atoms. The van der Waals surface area contributed by atoms with Crippen molar-refractivity contribution in [2.75, 3.05) is 14.1 Å². The molecular weight excluding hydrogens is 266 g/mol. The third-order valence-electron chi connectivity index (χ3n) is 1.81. The van der Waals surface area contributed by atoms with E-state index in [0.29, 0.717) is 5.02 Å². The van der Waals surface area contributed by atoms with E-state index in [0.717, 1.165) is 11.4 Å². The normalized spacial score (nSPS) is 11.2. The second kappa shape index (κ2) is 6.14. The lowest BCUT2D eigenvalue weighted by atomic mass is 10.2. The summed E-state index contributed by atoms with van der Waals surface area (Å²) in [6, 6.07) is 7.39. The third-order valence-corrected chi connectivity index (χ3v) is 2.26. The highest BCUT2D eigenvalue weighted by molar-refractivity contribution is 6.55. The molecule has 86 valence electrons. The molecule has 0 aliphatic heterocycles. The second-order valence-corrected chi connectivity index (χ2v) is 4.72. The minimum Gasteiger partial charge on any atom is -0.362 e. The monoisotopic (exact) mass is 276 g/mol. The van der Waals surface area contributed by atoms with Gasteiger partial charge in [0.1, 0.15) is 10.3 Å². The van der Waals surface area contributed by atoms with Gasteiger partial charge in [-0.05, 0) is 24.3 Å². The molecule has 0 bridgehead atoms. The van der Waals surface area contributed by atoms with Gasteiger partial charge in [-0.25, -0.2) is 4.99 Å². The zero-order valence-electron chi connectivity index (χ0n) is 8.92. The van der Waals surface area contributed by atoms with Gasteiger partial charge in [0.2, 0.25) is 0 Å². The first-order chi connectivity index (χ1) is 7.50. The highest BCUT2D eigenvalue weighted by atomic mass is 35.5. The summed E-state index contributed by atoms with van der Waals surface area (Å²) in [5, 5.41) is 0.688. The molecule has 0 aromatic heterocycles. The lowest BCUT2D eigenvalue weighted by molar-refractivity contribution is 0.624. The number of benzene rings is 1. The van der Waals surface area contributed by atoms with E-state index < -0.39 is 0 Å². The van der Waals surface area contributed by atoms with Crippen LogP contribution < -0.4 is 0 Å². The molecule has 0 amide bonds. The molecule has 0 saturated carbocycles. The second-order valence-electron chi connectivity index (χ2n) is 3.27. The summed E-state index contributed by atoms with van der Waals surface area (Å²) in [5.74, 6) is 0.760. The molecule has 0 heterocycles. The summed E-state index contributed by atoms with van der Waals surface area (Å²) in [7, 11) is 3.78. The summed E-state index contributed by atoms with van der Waals surface area (Å²) in [6.07, 6.45) is 1.40. The van der Waals surface area contributed by atoms with Crippen LogP contribution in [0.25, 0.3) is 0 Å². The summed E-state index contributed by atoms with van der Waals surface area (Å²) in [6.45, 7) is 0. The fraction of sp³-hybridized carbons (Fsp3) is 0.182. The van der Waals surface area contributed by atoms with Crippen LogP contribution in [0.2, 0.25) is 5.02 Å². The van der Waals surface area contributed by atoms with Crippen molar-refractivity contribution in [1.82, 2.24) is 4.90 Å². The third kappa shape index (κ3) is 4.05. The lowest BCUT2D eigenvalue weighted by Gasteiger charge is -2.15. The van der Waals surface area contributed by atoms with E-state index in [9.17, 15) is 0 Å². The summed E-state index contributed by atoms with van der Waals surface area (Å²) in [4.78, 5) is 6.07. The Labute approximate surface area is 110 Å². The van der Waals surface area contributed by atoms with Crippen LogP contribution in [-0.2, 0) is 0 Å². The summed E-state index contributed by atoms with van der Waals surface area (Å²) < 4.78 is 0.119. The fourth-order valence-corrected chi connectivity index (χ4v) is 1.38. The average molecular weight is 278 g/mol. The van der Waals surface area contributed by atoms with Gasteiger partial charge in [0, 0.05) is 24.7 Å². The van der Waals surface area contributed by atoms with Gasteiger partial charge in [-0.2, -0.15) is 0 Å². The Balaban J connectivity index is 3.08. The Morgan fingerprint density at radius 3 is 2.19 bits per heavy atom. The number of rotatable bonds is 2. The molecule has 1 rings (SSSR count). The average Bonchev–Trinajstić information content (AvgIpc) is 2.20. The minimum atomic E-state index is 0.119. The maximum atomic E-state index is 5.82. The largest absolute Gasteiger partial charge is 0.362 e. The fourth-order valence-electron chi connectivity index (χ4n) is 1.16. The quantitative estimate of drug-likeness (QED) is 0.591. The van der Waals surface area contributed by atoms with E-state index in [1.165, 1.54) is 6.20 Å². The van der Waals surface area contributed by atoms with Crippen LogP contribution >= 0.6 is 34.8 Å². The number of aliphatic imine (C=N–C) groups is 1. The van der Waals surface area contributed by atoms with E-state index in [-0.39, 0.29) is 4.49 Å². The van der Waals surface area contributed by atoms with E-state index >= 15 is 0 Å². The van der Waals surface area contributed by atoms with Gasteiger partial charge in [0.05, 0.1) is 6.20 Å². The molecule has 0 unspecified atom stereocenters. The van der Waals surface area contributed by atoms with Crippen LogP contribution in [0.4, 0.5) is 0 Å². The van der Waals surface area contributed by atoms with E-state index in [1.807, 2.05) is 43.3 Å². The smallest absolute Gasteiger partial charge is 0.135 e. The van der Waals surface area contributed by atoms with Crippen molar-refractivity contribution in [1.29, 1.82) is 0 Å². The van der Waals surface area contributed by atoms with Crippen molar-refractivity contribution in [2.45, 2.75) is 0 Å². The molecule has 16 heavy (non-hydrogen) atoms. The molecule has 0 aliphatic rings. The molecule has 0 aliphatic carbocycles. The Bertz CT molecular complexity index is 404. The van der Waals surface area contributed by atoms with Crippen molar-refractivity contribution in [2.24, 2.45) is 4.99 Å². The Morgan fingerprint density at radius 1 is 1.19 bits per heavy atom. The van der Waals surface area contributed by atoms with Crippen molar-refractivity contribution < 1.29 is 0 Å². The van der Waals surface area contributed by atoms with Crippen LogP contribution in [0.1, 0.15) is 5.56 Å². The maximum Gasteiger partial charge on any atom is 0.135 e. The minimum absolute atomic E-state index is 0.119. The standard InChI is InChI=1S/C11H11Cl3N2/c1-16(2)11(15-7-10(13)14)8-3-5-9(12)6-4-8/h3-7H,1-2H3. The molecule has 0 atom stereocenters. The van der Waals surface area contributed by atoms with Crippen molar-refractivity contribution in [3.63, 3.8) is 0 Å². The van der Waals surface area contributed by atoms with Crippen molar-refractivity contribution in [3.8, 4) is 0 Å². The SMILES string of the molecule is CN(C)C(=NC=C(Cl)Cl)c1ccc(Cl)cc1. The Hall–Kier alpha value is -0.700. The summed E-state index contributed by atoms with van der Waals surface area (Å²) in [5.41, 5.74) is 0.945. The predicted molar refractivity (Wildman–Crippen MR) is 71.5 cm³/mol. The molecule has 0 radical (unpaired) electrons. The first-order valence-electron chi connectivity index (χ1n) is 4.53. The van der Waals surface area contributed by atoms with Crippen LogP contribution in [0.15, 0.2) is 39.9 Å². The number of nitrogens with zero attached hydrogens (tertiary/aromatic N) is 2. The van der Waals surface area contributed by atoms with Crippen LogP contribution in [-0.4, -0.2) is 24.8 Å². The van der Waals surface area contributed by atoms with Gasteiger partial charge < -0.3 is 4.90 Å². The molecule has 1 aromatic rings. The van der Waals surface area contributed by atoms with E-state index in [1.54, 1.807) is 0 Å². The molecule has 0 N–H and O–H groups in total. The first-order valence-corrected chi connectivity index (χ1v) is 5.66. The highest BCUT2D eigenvalue weighted by Crippen LogP contribution is 2.12. The summed E-state index contributed by atoms with van der Waals surface area (Å²) >= 11 is 16.9. The number of amidine groups is 1. The topological polar surface area (TPSA) is 15.6 Å². The first kappa shape index (κ1) is 13.4. The van der Waals surface area contributed by atoms with E-state index in [2.05, 4.69) is 4.99 Å². The number of hydrogen-bond acceptors (Lipinski definition) is 1. The van der Waals surface area contributed by atoms with Crippen molar-refractivity contribution in [3.05, 3.63) is 45.5 Å². The molecule has 0 fully saturated rings. The van der Waals surface area contributed by atoms with Crippen LogP contribution in [0.3, 0.4) is 0 Å². The van der Waals surface area contributed by atoms with Crippen LogP contribution in [0.5, 0.6) is 0 Å². The zero-order chi connectivity index (χ0) is 12.1. The predicted octanol–water partition coefficient (Wildman–Crippen LogP) is 3.92. The molecule has 2 nitrogen and oxygen atoms in total. The maximum absolute atomic E-state index is 5.82. The van der Waals surface area contributed by atoms with Gasteiger partial charge in [-0.15, -0.1) is 0 Å². The van der Waals surface area contributed by atoms with Gasteiger partial charge in [0.15, 0.2) is 0 Å².